The van der Waals surface area contributed by atoms with Gasteiger partial charge in [0, 0.05) is 11.9 Å². The van der Waals surface area contributed by atoms with Gasteiger partial charge in [0.2, 0.25) is 5.16 Å². The van der Waals surface area contributed by atoms with E-state index in [2.05, 4.69) is 25.4 Å². The van der Waals surface area contributed by atoms with Crippen LogP contribution >= 0.6 is 11.8 Å². The van der Waals surface area contributed by atoms with Crippen molar-refractivity contribution in [1.82, 2.24) is 29.9 Å². The second kappa shape index (κ2) is 7.35. The van der Waals surface area contributed by atoms with Crippen molar-refractivity contribution in [1.29, 1.82) is 5.26 Å². The fourth-order valence-corrected chi connectivity index (χ4v) is 3.22. The topological polar surface area (TPSA) is 93.2 Å². The minimum absolute atomic E-state index is 0.272. The van der Waals surface area contributed by atoms with Crippen LogP contribution in [0.15, 0.2) is 71.0 Å². The van der Waals surface area contributed by atoms with Crippen LogP contribution in [-0.4, -0.2) is 29.9 Å². The van der Waals surface area contributed by atoms with Gasteiger partial charge in [-0.15, -0.1) is 20.4 Å². The van der Waals surface area contributed by atoms with Crippen LogP contribution in [0.3, 0.4) is 0 Å². The van der Waals surface area contributed by atoms with E-state index < -0.39 is 0 Å². The average molecular weight is 371 g/mol. The molecule has 4 rings (SSSR count). The number of pyridine rings is 1. The van der Waals surface area contributed by atoms with E-state index in [9.17, 15) is 0 Å². The molecular weight excluding hydrogens is 358 g/mol. The molecule has 3 aromatic heterocycles. The van der Waals surface area contributed by atoms with Gasteiger partial charge < -0.3 is 0 Å². The molecule has 130 valence electrons. The molecule has 1 aromatic carbocycles. The summed E-state index contributed by atoms with van der Waals surface area (Å²) in [5.41, 5.74) is 3.09. The molecular formula is C19H13N7S. The molecule has 0 saturated heterocycles. The number of nitriles is 1. The minimum atomic E-state index is 0.272. The highest BCUT2D eigenvalue weighted by Gasteiger charge is 2.18. The normalized spacial score (nSPS) is 10.5. The first-order valence-corrected chi connectivity index (χ1v) is 8.92. The molecule has 8 heteroatoms. The Kier molecular flexibility index (Phi) is 4.60. The summed E-state index contributed by atoms with van der Waals surface area (Å²) in [6, 6.07) is 19.1. The maximum absolute atomic E-state index is 8.87. The summed E-state index contributed by atoms with van der Waals surface area (Å²) in [7, 11) is 0. The second-order valence-corrected chi connectivity index (χ2v) is 6.65. The first-order valence-electron chi connectivity index (χ1n) is 8.10. The lowest BCUT2D eigenvalue weighted by Gasteiger charge is -2.10. The summed E-state index contributed by atoms with van der Waals surface area (Å²) in [6.07, 6.45) is 1.72. The van der Waals surface area contributed by atoms with E-state index in [0.29, 0.717) is 16.0 Å². The van der Waals surface area contributed by atoms with E-state index in [1.807, 2.05) is 60.0 Å². The highest BCUT2D eigenvalue weighted by Crippen LogP contribution is 2.30. The van der Waals surface area contributed by atoms with Gasteiger partial charge in [0.1, 0.15) is 16.8 Å². The van der Waals surface area contributed by atoms with Crippen LogP contribution < -0.4 is 0 Å². The summed E-state index contributed by atoms with van der Waals surface area (Å²) >= 11 is 1.33. The summed E-state index contributed by atoms with van der Waals surface area (Å²) in [6.45, 7) is 2.04. The van der Waals surface area contributed by atoms with Crippen molar-refractivity contribution >= 4 is 11.8 Å². The summed E-state index contributed by atoms with van der Waals surface area (Å²) < 4.78 is 1.94. The highest BCUT2D eigenvalue weighted by molar-refractivity contribution is 7.99. The van der Waals surface area contributed by atoms with Crippen LogP contribution in [0.25, 0.3) is 17.2 Å². The summed E-state index contributed by atoms with van der Waals surface area (Å²) in [4.78, 5) is 4.40. The Morgan fingerprint density at radius 2 is 1.78 bits per heavy atom. The molecule has 0 N–H and O–H groups in total. The largest absolute Gasteiger partial charge is 0.268 e. The summed E-state index contributed by atoms with van der Waals surface area (Å²) in [5, 5.41) is 26.8. The Morgan fingerprint density at radius 3 is 2.44 bits per heavy atom. The van der Waals surface area contributed by atoms with Gasteiger partial charge in [-0.1, -0.05) is 23.8 Å². The van der Waals surface area contributed by atoms with Crippen LogP contribution in [0.1, 0.15) is 11.3 Å². The molecule has 0 aliphatic rings. The van der Waals surface area contributed by atoms with Gasteiger partial charge >= 0.3 is 0 Å². The third kappa shape index (κ3) is 3.54. The van der Waals surface area contributed by atoms with E-state index in [-0.39, 0.29) is 5.69 Å². The zero-order chi connectivity index (χ0) is 18.6. The van der Waals surface area contributed by atoms with Crippen LogP contribution in [0.2, 0.25) is 0 Å². The highest BCUT2D eigenvalue weighted by atomic mass is 32.2. The van der Waals surface area contributed by atoms with Gasteiger partial charge in [-0.3, -0.25) is 9.55 Å². The molecule has 27 heavy (non-hydrogen) atoms. The Labute approximate surface area is 159 Å². The number of hydrogen-bond donors (Lipinski definition) is 0. The maximum Gasteiger partial charge on any atom is 0.202 e. The van der Waals surface area contributed by atoms with Gasteiger partial charge in [0.25, 0.3) is 0 Å². The molecule has 0 saturated carbocycles. The minimum Gasteiger partial charge on any atom is -0.268 e. The van der Waals surface area contributed by atoms with Crippen molar-refractivity contribution in [3.8, 4) is 23.3 Å². The smallest absolute Gasteiger partial charge is 0.202 e. The Morgan fingerprint density at radius 1 is 0.926 bits per heavy atom. The number of aromatic nitrogens is 6. The van der Waals surface area contributed by atoms with E-state index >= 15 is 0 Å². The Hall–Kier alpha value is -3.57. The lowest BCUT2D eigenvalue weighted by Crippen LogP contribution is -2.01. The Balaban J connectivity index is 1.80. The fraction of sp³-hybridized carbons (Fsp3) is 0.0526. The molecule has 0 aliphatic heterocycles. The lowest BCUT2D eigenvalue weighted by atomic mass is 10.2. The molecule has 0 amide bonds. The molecule has 0 unspecified atom stereocenters. The van der Waals surface area contributed by atoms with Gasteiger partial charge in [0.15, 0.2) is 11.5 Å². The van der Waals surface area contributed by atoms with Gasteiger partial charge in [0.05, 0.1) is 0 Å². The zero-order valence-corrected chi connectivity index (χ0v) is 15.1. The molecule has 3 heterocycles. The van der Waals surface area contributed by atoms with Crippen molar-refractivity contribution < 1.29 is 0 Å². The maximum atomic E-state index is 8.87. The monoisotopic (exact) mass is 371 g/mol. The van der Waals surface area contributed by atoms with E-state index in [1.165, 1.54) is 17.3 Å². The van der Waals surface area contributed by atoms with Crippen molar-refractivity contribution in [2.45, 2.75) is 17.1 Å². The molecule has 0 aliphatic carbocycles. The first kappa shape index (κ1) is 16.9. The number of nitrogens with zero attached hydrogens (tertiary/aromatic N) is 7. The van der Waals surface area contributed by atoms with Crippen LogP contribution in [0.5, 0.6) is 0 Å². The van der Waals surface area contributed by atoms with Crippen molar-refractivity contribution in [2.75, 3.05) is 0 Å². The number of hydrogen-bond acceptors (Lipinski definition) is 7. The van der Waals surface area contributed by atoms with Crippen LogP contribution in [0.4, 0.5) is 0 Å². The van der Waals surface area contributed by atoms with E-state index in [1.54, 1.807) is 18.3 Å². The van der Waals surface area contributed by atoms with Crippen molar-refractivity contribution in [3.63, 3.8) is 0 Å². The van der Waals surface area contributed by atoms with Crippen LogP contribution in [-0.2, 0) is 0 Å². The predicted octanol–water partition coefficient (Wildman–Crippen LogP) is 3.45. The first-order chi connectivity index (χ1) is 13.2. The molecule has 0 bridgehead atoms. The Bertz CT molecular complexity index is 1100. The van der Waals surface area contributed by atoms with E-state index in [0.717, 1.165) is 11.4 Å². The zero-order valence-electron chi connectivity index (χ0n) is 14.3. The molecule has 0 radical (unpaired) electrons. The van der Waals surface area contributed by atoms with Gasteiger partial charge in [-0.25, -0.2) is 0 Å². The van der Waals surface area contributed by atoms with Crippen molar-refractivity contribution in [3.05, 3.63) is 72.1 Å². The summed E-state index contributed by atoms with van der Waals surface area (Å²) in [5.74, 6) is 0.642. The molecule has 7 nitrogen and oxygen atoms in total. The quantitative estimate of drug-likeness (QED) is 0.542. The standard InChI is InChI=1S/C19H13N7S/c1-13-5-8-15(9-6-13)26-18(16-4-2-3-11-21-16)24-25-19(26)27-17-10-7-14(12-20)22-23-17/h2-11H,1H3. The van der Waals surface area contributed by atoms with Crippen molar-refractivity contribution in [2.24, 2.45) is 0 Å². The fourth-order valence-electron chi connectivity index (χ4n) is 2.45. The van der Waals surface area contributed by atoms with Gasteiger partial charge in [-0.05, 0) is 55.1 Å². The van der Waals surface area contributed by atoms with E-state index in [4.69, 9.17) is 5.26 Å². The number of benzene rings is 1. The average Bonchev–Trinajstić information content (AvgIpc) is 3.13. The van der Waals surface area contributed by atoms with Gasteiger partial charge in [-0.2, -0.15) is 5.26 Å². The molecule has 0 spiro atoms. The second-order valence-electron chi connectivity index (χ2n) is 5.66. The molecule has 0 fully saturated rings. The third-order valence-electron chi connectivity index (χ3n) is 3.77. The SMILES string of the molecule is Cc1ccc(-n2c(Sc3ccc(C#N)nn3)nnc2-c2ccccn2)cc1. The predicted molar refractivity (Wildman–Crippen MR) is 100 cm³/mol. The molecule has 4 aromatic rings. The number of rotatable bonds is 4. The third-order valence-corrected chi connectivity index (χ3v) is 4.64. The lowest BCUT2D eigenvalue weighted by molar-refractivity contribution is 0.867. The van der Waals surface area contributed by atoms with Crippen LogP contribution in [0, 0.1) is 18.3 Å². The molecule has 0 atom stereocenters. The number of aryl methyl sites for hydroxylation is 1.